The van der Waals surface area contributed by atoms with Crippen LogP contribution in [-0.2, 0) is 14.4 Å². The highest BCUT2D eigenvalue weighted by Crippen LogP contribution is 2.18. The van der Waals surface area contributed by atoms with Gasteiger partial charge in [-0.15, -0.1) is 0 Å². The van der Waals surface area contributed by atoms with E-state index in [-0.39, 0.29) is 24.3 Å². The van der Waals surface area contributed by atoms with Crippen LogP contribution in [0.15, 0.2) is 12.2 Å². The minimum absolute atomic E-state index is 0.0572. The van der Waals surface area contributed by atoms with E-state index in [0.29, 0.717) is 25.4 Å². The average Bonchev–Trinajstić information content (AvgIpc) is 2.64. The lowest BCUT2D eigenvalue weighted by atomic mass is 9.96. The van der Waals surface area contributed by atoms with Crippen molar-refractivity contribution < 1.29 is 19.5 Å². The van der Waals surface area contributed by atoms with Crippen molar-refractivity contribution in [2.75, 3.05) is 32.7 Å². The number of carboxylic acids is 1. The van der Waals surface area contributed by atoms with Crippen LogP contribution >= 0.6 is 0 Å². The summed E-state index contributed by atoms with van der Waals surface area (Å²) in [5.41, 5.74) is 5.39. The number of hydrogen-bond donors (Lipinski definition) is 4. The number of nitrogens with two attached hydrogens (primary N) is 1. The van der Waals surface area contributed by atoms with E-state index in [9.17, 15) is 14.4 Å². The van der Waals surface area contributed by atoms with Crippen LogP contribution in [0.2, 0.25) is 0 Å². The second kappa shape index (κ2) is 9.53. The van der Waals surface area contributed by atoms with Crippen LogP contribution in [0.3, 0.4) is 0 Å². The van der Waals surface area contributed by atoms with Crippen molar-refractivity contribution in [2.24, 2.45) is 17.6 Å². The molecule has 2 fully saturated rings. The molecule has 0 radical (unpaired) electrons. The standard InChI is InChI=1S/C17H28N4O4/c18-14(17(24)25)10-20-16(23)13-2-1-9-21(11-13)15(22)4-3-12-5-7-19-8-6-12/h3-4,12-14,19H,1-2,5-11,18H2,(H,20,23)(H,24,25)/b4-3+. The van der Waals surface area contributed by atoms with Gasteiger partial charge in [0.2, 0.25) is 11.8 Å². The number of nitrogens with zero attached hydrogens (tertiary/aromatic N) is 1. The van der Waals surface area contributed by atoms with Crippen LogP contribution < -0.4 is 16.4 Å². The van der Waals surface area contributed by atoms with Crippen LogP contribution in [-0.4, -0.2) is 66.6 Å². The zero-order valence-electron chi connectivity index (χ0n) is 14.4. The molecule has 0 spiro atoms. The molecule has 0 bridgehead atoms. The fourth-order valence-corrected chi connectivity index (χ4v) is 3.19. The topological polar surface area (TPSA) is 125 Å². The molecule has 2 rings (SSSR count). The average molecular weight is 352 g/mol. The van der Waals surface area contributed by atoms with Gasteiger partial charge >= 0.3 is 5.97 Å². The van der Waals surface area contributed by atoms with E-state index in [1.807, 2.05) is 6.08 Å². The molecule has 0 saturated carbocycles. The molecule has 0 aromatic heterocycles. The molecule has 5 N–H and O–H groups in total. The molecule has 8 nitrogen and oxygen atoms in total. The van der Waals surface area contributed by atoms with E-state index >= 15 is 0 Å². The van der Waals surface area contributed by atoms with Crippen molar-refractivity contribution in [1.29, 1.82) is 0 Å². The SMILES string of the molecule is NC(CNC(=O)C1CCCN(C(=O)/C=C/C2CCNCC2)C1)C(=O)O. The minimum Gasteiger partial charge on any atom is -0.480 e. The summed E-state index contributed by atoms with van der Waals surface area (Å²) in [4.78, 5) is 36.9. The Morgan fingerprint density at radius 2 is 2.00 bits per heavy atom. The smallest absolute Gasteiger partial charge is 0.322 e. The molecule has 2 saturated heterocycles. The third-order valence-electron chi connectivity index (χ3n) is 4.81. The molecule has 2 aliphatic heterocycles. The summed E-state index contributed by atoms with van der Waals surface area (Å²) in [6.45, 7) is 2.87. The summed E-state index contributed by atoms with van der Waals surface area (Å²) >= 11 is 0. The number of carbonyl (C=O) groups excluding carboxylic acids is 2. The summed E-state index contributed by atoms with van der Waals surface area (Å²) in [6.07, 6.45) is 7.15. The third kappa shape index (κ3) is 6.13. The van der Waals surface area contributed by atoms with E-state index in [4.69, 9.17) is 10.8 Å². The van der Waals surface area contributed by atoms with Crippen LogP contribution in [0.4, 0.5) is 0 Å². The summed E-state index contributed by atoms with van der Waals surface area (Å²) < 4.78 is 0. The number of likely N-dealkylation sites (tertiary alicyclic amines) is 1. The maximum Gasteiger partial charge on any atom is 0.322 e. The van der Waals surface area contributed by atoms with Crippen molar-refractivity contribution in [3.63, 3.8) is 0 Å². The molecule has 2 aliphatic rings. The molecule has 25 heavy (non-hydrogen) atoms. The van der Waals surface area contributed by atoms with Gasteiger partial charge < -0.3 is 26.4 Å². The van der Waals surface area contributed by atoms with E-state index in [2.05, 4.69) is 10.6 Å². The minimum atomic E-state index is -1.15. The first-order valence-corrected chi connectivity index (χ1v) is 8.91. The molecule has 2 heterocycles. The molecule has 0 aliphatic carbocycles. The second-order valence-corrected chi connectivity index (χ2v) is 6.76. The Hall–Kier alpha value is -1.93. The van der Waals surface area contributed by atoms with Crippen LogP contribution in [0.5, 0.6) is 0 Å². The molecule has 2 amide bonds. The number of aliphatic carboxylic acids is 1. The largest absolute Gasteiger partial charge is 0.480 e. The van der Waals surface area contributed by atoms with Gasteiger partial charge in [0, 0.05) is 19.6 Å². The lowest BCUT2D eigenvalue weighted by Crippen LogP contribution is -2.48. The van der Waals surface area contributed by atoms with Crippen LogP contribution in [0, 0.1) is 11.8 Å². The van der Waals surface area contributed by atoms with Gasteiger partial charge in [0.25, 0.3) is 0 Å². The molecule has 2 atom stereocenters. The number of carbonyl (C=O) groups is 3. The Morgan fingerprint density at radius 3 is 2.68 bits per heavy atom. The summed E-state index contributed by atoms with van der Waals surface area (Å²) in [6, 6.07) is -1.11. The highest BCUT2D eigenvalue weighted by atomic mass is 16.4. The molecule has 140 valence electrons. The van der Waals surface area contributed by atoms with Crippen molar-refractivity contribution in [3.05, 3.63) is 12.2 Å². The lowest BCUT2D eigenvalue weighted by Gasteiger charge is -2.31. The van der Waals surface area contributed by atoms with Gasteiger partial charge in [0.15, 0.2) is 0 Å². The van der Waals surface area contributed by atoms with Crippen molar-refractivity contribution in [2.45, 2.75) is 31.7 Å². The lowest BCUT2D eigenvalue weighted by molar-refractivity contribution is -0.138. The quantitative estimate of drug-likeness (QED) is 0.469. The van der Waals surface area contributed by atoms with E-state index in [0.717, 1.165) is 32.4 Å². The van der Waals surface area contributed by atoms with Gasteiger partial charge in [-0.2, -0.15) is 0 Å². The van der Waals surface area contributed by atoms with Gasteiger partial charge in [0.1, 0.15) is 6.04 Å². The molecule has 0 aromatic rings. The van der Waals surface area contributed by atoms with Gasteiger partial charge in [0.05, 0.1) is 5.92 Å². The zero-order valence-corrected chi connectivity index (χ0v) is 14.4. The third-order valence-corrected chi connectivity index (χ3v) is 4.81. The highest BCUT2D eigenvalue weighted by molar-refractivity contribution is 5.88. The van der Waals surface area contributed by atoms with Crippen molar-refractivity contribution in [1.82, 2.24) is 15.5 Å². The van der Waals surface area contributed by atoms with E-state index in [1.165, 1.54) is 0 Å². The number of piperidine rings is 2. The Kier molecular flexibility index (Phi) is 7.39. The zero-order chi connectivity index (χ0) is 18.2. The predicted octanol–water partition coefficient (Wildman–Crippen LogP) is -0.691. The molecule has 2 unspecified atom stereocenters. The fourth-order valence-electron chi connectivity index (χ4n) is 3.19. The van der Waals surface area contributed by atoms with Gasteiger partial charge in [-0.05, 0) is 50.8 Å². The summed E-state index contributed by atoms with van der Waals surface area (Å²) in [5, 5.41) is 14.6. The second-order valence-electron chi connectivity index (χ2n) is 6.76. The predicted molar refractivity (Wildman–Crippen MR) is 92.7 cm³/mol. The fraction of sp³-hybridized carbons (Fsp3) is 0.706. The Morgan fingerprint density at radius 1 is 1.28 bits per heavy atom. The van der Waals surface area contributed by atoms with Crippen LogP contribution in [0.1, 0.15) is 25.7 Å². The monoisotopic (exact) mass is 352 g/mol. The van der Waals surface area contributed by atoms with E-state index in [1.54, 1.807) is 11.0 Å². The van der Waals surface area contributed by atoms with Crippen molar-refractivity contribution >= 4 is 17.8 Å². The van der Waals surface area contributed by atoms with Gasteiger partial charge in [-0.1, -0.05) is 6.08 Å². The summed E-state index contributed by atoms with van der Waals surface area (Å²) in [5.74, 6) is -1.32. The normalized spacial score (nSPS) is 23.4. The highest BCUT2D eigenvalue weighted by Gasteiger charge is 2.28. The van der Waals surface area contributed by atoms with Gasteiger partial charge in [-0.3, -0.25) is 14.4 Å². The molecular formula is C17H28N4O4. The number of rotatable bonds is 6. The Bertz CT molecular complexity index is 517. The first-order chi connectivity index (χ1) is 12.0. The number of nitrogens with one attached hydrogen (secondary N) is 2. The Labute approximate surface area is 147 Å². The molecule has 8 heteroatoms. The Balaban J connectivity index is 1.80. The molecule has 0 aromatic carbocycles. The number of carboxylic acid groups (broad SMARTS) is 1. The molecular weight excluding hydrogens is 324 g/mol. The van der Waals surface area contributed by atoms with E-state index < -0.39 is 12.0 Å². The van der Waals surface area contributed by atoms with Crippen molar-refractivity contribution in [3.8, 4) is 0 Å². The number of amides is 2. The number of allylic oxidation sites excluding steroid dienone is 1. The number of hydrogen-bond acceptors (Lipinski definition) is 5. The summed E-state index contributed by atoms with van der Waals surface area (Å²) in [7, 11) is 0. The van der Waals surface area contributed by atoms with Gasteiger partial charge in [-0.25, -0.2) is 0 Å². The maximum atomic E-state index is 12.4. The maximum absolute atomic E-state index is 12.4. The first kappa shape index (κ1) is 19.4. The first-order valence-electron chi connectivity index (χ1n) is 8.91. The van der Waals surface area contributed by atoms with Crippen LogP contribution in [0.25, 0.3) is 0 Å².